The van der Waals surface area contributed by atoms with Crippen LogP contribution in [0.25, 0.3) is 0 Å². The summed E-state index contributed by atoms with van der Waals surface area (Å²) >= 11 is 7.91. The average molecular weight is 366 g/mol. The first-order chi connectivity index (χ1) is 11.3. The molecule has 1 spiro atoms. The fourth-order valence-corrected chi connectivity index (χ4v) is 6.01. The summed E-state index contributed by atoms with van der Waals surface area (Å²) in [5.41, 5.74) is 1.39. The Balaban J connectivity index is 1.86. The Morgan fingerprint density at radius 3 is 2.38 bits per heavy atom. The van der Waals surface area contributed by atoms with E-state index in [2.05, 4.69) is 25.7 Å². The van der Waals surface area contributed by atoms with Crippen LogP contribution in [0.2, 0.25) is 5.02 Å². The first-order valence-electron chi connectivity index (χ1n) is 9.06. The Hall–Kier alpha value is -0.670. The highest BCUT2D eigenvalue weighted by molar-refractivity contribution is 8.02. The molecule has 1 unspecified atom stereocenters. The van der Waals surface area contributed by atoms with Crippen LogP contribution in [0.4, 0.5) is 5.69 Å². The summed E-state index contributed by atoms with van der Waals surface area (Å²) < 4.78 is 0. The minimum absolute atomic E-state index is 0.0383. The van der Waals surface area contributed by atoms with Gasteiger partial charge in [0.25, 0.3) is 0 Å². The molecule has 1 saturated carbocycles. The van der Waals surface area contributed by atoms with Crippen LogP contribution in [-0.4, -0.2) is 16.0 Å². The molecule has 1 saturated heterocycles. The minimum Gasteiger partial charge on any atom is -0.296 e. The third-order valence-corrected chi connectivity index (χ3v) is 8.08. The fourth-order valence-electron chi connectivity index (χ4n) is 4.25. The molecule has 2 fully saturated rings. The first-order valence-corrected chi connectivity index (χ1v) is 10.3. The molecule has 2 aliphatic rings. The number of anilines is 1. The number of hydrogen-bond donors (Lipinski definition) is 0. The zero-order chi connectivity index (χ0) is 17.5. The van der Waals surface area contributed by atoms with Gasteiger partial charge in [0.15, 0.2) is 0 Å². The van der Waals surface area contributed by atoms with Crippen LogP contribution in [0.3, 0.4) is 0 Å². The Bertz CT molecular complexity index is 605. The molecule has 1 atom stereocenters. The van der Waals surface area contributed by atoms with Crippen molar-refractivity contribution in [2.75, 3.05) is 4.90 Å². The quantitative estimate of drug-likeness (QED) is 0.642. The number of carbonyl (C=O) groups is 1. The Morgan fingerprint density at radius 2 is 1.83 bits per heavy atom. The SMILES string of the molecule is CCC(C)(C)C1CCC2(CC1)SC(C)C(=O)N2c1ccc(Cl)cc1. The van der Waals surface area contributed by atoms with Gasteiger partial charge in [0.1, 0.15) is 0 Å². The molecule has 132 valence electrons. The van der Waals surface area contributed by atoms with E-state index < -0.39 is 0 Å². The summed E-state index contributed by atoms with van der Waals surface area (Å²) in [7, 11) is 0. The number of carbonyl (C=O) groups excluding carboxylic acids is 1. The molecule has 1 amide bonds. The first kappa shape index (κ1) is 18.1. The fraction of sp³-hybridized carbons (Fsp3) is 0.650. The van der Waals surface area contributed by atoms with Crippen LogP contribution < -0.4 is 4.90 Å². The van der Waals surface area contributed by atoms with Crippen LogP contribution in [0, 0.1) is 11.3 Å². The van der Waals surface area contributed by atoms with E-state index in [0.717, 1.165) is 24.4 Å². The summed E-state index contributed by atoms with van der Waals surface area (Å²) in [6, 6.07) is 7.75. The van der Waals surface area contributed by atoms with E-state index in [9.17, 15) is 4.79 Å². The summed E-state index contributed by atoms with van der Waals surface area (Å²) in [5.74, 6) is 1.00. The molecule has 1 aromatic carbocycles. The van der Waals surface area contributed by atoms with Gasteiger partial charge in [-0.1, -0.05) is 38.8 Å². The second-order valence-electron chi connectivity index (χ2n) is 7.97. The summed E-state index contributed by atoms with van der Waals surface area (Å²) in [4.78, 5) is 14.9. The maximum Gasteiger partial charge on any atom is 0.241 e. The van der Waals surface area contributed by atoms with Crippen molar-refractivity contribution >= 4 is 35.0 Å². The third kappa shape index (κ3) is 3.10. The lowest BCUT2D eigenvalue weighted by Gasteiger charge is -2.46. The van der Waals surface area contributed by atoms with Gasteiger partial charge in [0.05, 0.1) is 10.1 Å². The Labute approximate surface area is 155 Å². The molecule has 1 aliphatic heterocycles. The van der Waals surface area contributed by atoms with Crippen molar-refractivity contribution in [2.24, 2.45) is 11.3 Å². The number of thioether (sulfide) groups is 1. The molecule has 1 heterocycles. The maximum absolute atomic E-state index is 12.9. The lowest BCUT2D eigenvalue weighted by atomic mass is 9.68. The van der Waals surface area contributed by atoms with Gasteiger partial charge in [-0.05, 0) is 68.2 Å². The van der Waals surface area contributed by atoms with E-state index >= 15 is 0 Å². The van der Waals surface area contributed by atoms with Crippen molar-refractivity contribution in [3.63, 3.8) is 0 Å². The van der Waals surface area contributed by atoms with E-state index in [0.29, 0.717) is 10.4 Å². The lowest BCUT2D eigenvalue weighted by Crippen LogP contribution is -2.48. The van der Waals surface area contributed by atoms with E-state index in [-0.39, 0.29) is 16.0 Å². The molecule has 1 aliphatic carbocycles. The van der Waals surface area contributed by atoms with Crippen molar-refractivity contribution in [1.29, 1.82) is 0 Å². The van der Waals surface area contributed by atoms with E-state index in [1.807, 2.05) is 43.0 Å². The number of nitrogens with zero attached hydrogens (tertiary/aromatic N) is 1. The number of amides is 1. The highest BCUT2D eigenvalue weighted by Crippen LogP contribution is 2.55. The normalized spacial score (nSPS) is 31.0. The second kappa shape index (κ2) is 6.57. The van der Waals surface area contributed by atoms with Crippen molar-refractivity contribution < 1.29 is 4.79 Å². The molecule has 1 aromatic rings. The Kier molecular flexibility index (Phi) is 4.96. The smallest absolute Gasteiger partial charge is 0.241 e. The molecule has 0 N–H and O–H groups in total. The lowest BCUT2D eigenvalue weighted by molar-refractivity contribution is -0.118. The van der Waals surface area contributed by atoms with Crippen LogP contribution in [0.15, 0.2) is 24.3 Å². The number of halogens is 1. The van der Waals surface area contributed by atoms with E-state index in [1.54, 1.807) is 0 Å². The molecule has 0 bridgehead atoms. The van der Waals surface area contributed by atoms with E-state index in [1.165, 1.54) is 19.3 Å². The van der Waals surface area contributed by atoms with Gasteiger partial charge in [-0.25, -0.2) is 0 Å². The third-order valence-electron chi connectivity index (χ3n) is 6.24. The topological polar surface area (TPSA) is 20.3 Å². The van der Waals surface area contributed by atoms with Gasteiger partial charge in [-0.3, -0.25) is 9.69 Å². The molecule has 0 radical (unpaired) electrons. The largest absolute Gasteiger partial charge is 0.296 e. The summed E-state index contributed by atoms with van der Waals surface area (Å²) in [5, 5.41) is 0.755. The molecule has 3 rings (SSSR count). The highest BCUT2D eigenvalue weighted by atomic mass is 35.5. The molecular formula is C20H28ClNOS. The van der Waals surface area contributed by atoms with Crippen molar-refractivity contribution in [3.8, 4) is 0 Å². The predicted octanol–water partition coefficient (Wildman–Crippen LogP) is 6.13. The summed E-state index contributed by atoms with van der Waals surface area (Å²) in [6.45, 7) is 9.12. The predicted molar refractivity (Wildman–Crippen MR) is 105 cm³/mol. The molecule has 24 heavy (non-hydrogen) atoms. The van der Waals surface area contributed by atoms with Gasteiger partial charge in [0, 0.05) is 10.7 Å². The van der Waals surface area contributed by atoms with Crippen molar-refractivity contribution in [1.82, 2.24) is 0 Å². The Morgan fingerprint density at radius 1 is 1.25 bits per heavy atom. The number of hydrogen-bond acceptors (Lipinski definition) is 2. The van der Waals surface area contributed by atoms with Gasteiger partial charge in [0.2, 0.25) is 5.91 Å². The number of rotatable bonds is 3. The van der Waals surface area contributed by atoms with Crippen LogP contribution >= 0.6 is 23.4 Å². The van der Waals surface area contributed by atoms with Gasteiger partial charge in [-0.15, -0.1) is 11.8 Å². The van der Waals surface area contributed by atoms with Gasteiger partial charge in [-0.2, -0.15) is 0 Å². The van der Waals surface area contributed by atoms with Crippen molar-refractivity contribution in [3.05, 3.63) is 29.3 Å². The zero-order valence-corrected chi connectivity index (χ0v) is 16.7. The van der Waals surface area contributed by atoms with Crippen LogP contribution in [0.5, 0.6) is 0 Å². The van der Waals surface area contributed by atoms with Crippen LogP contribution in [0.1, 0.15) is 59.8 Å². The number of benzene rings is 1. The second-order valence-corrected chi connectivity index (χ2v) is 10.1. The zero-order valence-electron chi connectivity index (χ0n) is 15.1. The summed E-state index contributed by atoms with van der Waals surface area (Å²) in [6.07, 6.45) is 5.80. The maximum atomic E-state index is 12.9. The monoisotopic (exact) mass is 365 g/mol. The highest BCUT2D eigenvalue weighted by Gasteiger charge is 2.53. The minimum atomic E-state index is -0.0648. The van der Waals surface area contributed by atoms with Crippen LogP contribution in [-0.2, 0) is 4.79 Å². The average Bonchev–Trinajstić information content (AvgIpc) is 2.79. The molecule has 2 nitrogen and oxygen atoms in total. The van der Waals surface area contributed by atoms with Gasteiger partial charge < -0.3 is 0 Å². The van der Waals surface area contributed by atoms with E-state index in [4.69, 9.17) is 11.6 Å². The molecule has 4 heteroatoms. The van der Waals surface area contributed by atoms with Gasteiger partial charge >= 0.3 is 0 Å². The molecule has 0 aromatic heterocycles. The van der Waals surface area contributed by atoms with Crippen molar-refractivity contribution in [2.45, 2.75) is 69.9 Å². The standard InChI is InChI=1S/C20H28ClNOS/c1-5-19(3,4)15-10-12-20(13-11-15)22(18(23)14(2)24-20)17-8-6-16(21)7-9-17/h6-9,14-15H,5,10-13H2,1-4H3. The molecular weight excluding hydrogens is 338 g/mol.